The fourth-order valence-electron chi connectivity index (χ4n) is 4.05. The number of rotatable bonds is 5. The van der Waals surface area contributed by atoms with Gasteiger partial charge in [-0.2, -0.15) is 5.10 Å². The summed E-state index contributed by atoms with van der Waals surface area (Å²) < 4.78 is 1.85. The Labute approximate surface area is 195 Å². The van der Waals surface area contributed by atoms with Gasteiger partial charge in [0.25, 0.3) is 5.69 Å². The van der Waals surface area contributed by atoms with Gasteiger partial charge in [0.1, 0.15) is 0 Å². The van der Waals surface area contributed by atoms with Gasteiger partial charge in [0.15, 0.2) is 0 Å². The molecule has 0 saturated carbocycles. The summed E-state index contributed by atoms with van der Waals surface area (Å²) in [5.74, 6) is 0. The minimum absolute atomic E-state index is 0.0590. The molecule has 7 heteroatoms. The highest BCUT2D eigenvalue weighted by atomic mass is 32.1. The van der Waals surface area contributed by atoms with Crippen LogP contribution in [0.25, 0.3) is 11.3 Å². The van der Waals surface area contributed by atoms with Gasteiger partial charge in [-0.3, -0.25) is 15.1 Å². The Morgan fingerprint density at radius 3 is 2.64 bits per heavy atom. The first-order valence-corrected chi connectivity index (χ1v) is 11.7. The smallest absolute Gasteiger partial charge is 0.258 e. The largest absolute Gasteiger partial charge is 0.270 e. The molecule has 1 heterocycles. The molecule has 1 aromatic heterocycles. The molecule has 0 spiro atoms. The van der Waals surface area contributed by atoms with Crippen LogP contribution in [0.2, 0.25) is 0 Å². The normalized spacial score (nSPS) is 14.9. The minimum atomic E-state index is -0.371. The van der Waals surface area contributed by atoms with E-state index in [1.165, 1.54) is 28.5 Å². The van der Waals surface area contributed by atoms with Crippen LogP contribution in [-0.4, -0.2) is 15.3 Å². The van der Waals surface area contributed by atoms with Crippen molar-refractivity contribution in [2.75, 3.05) is 0 Å². The fourth-order valence-corrected chi connectivity index (χ4v) is 4.88. The summed E-state index contributed by atoms with van der Waals surface area (Å²) in [5.41, 5.74) is 6.21. The van der Waals surface area contributed by atoms with Crippen LogP contribution in [0.1, 0.15) is 29.5 Å². The van der Waals surface area contributed by atoms with Gasteiger partial charge >= 0.3 is 0 Å². The maximum Gasteiger partial charge on any atom is 0.270 e. The number of thiazole rings is 1. The number of hydrogen-bond donors (Lipinski definition) is 0. The van der Waals surface area contributed by atoms with E-state index in [0.29, 0.717) is 6.54 Å². The van der Waals surface area contributed by atoms with Gasteiger partial charge in [-0.25, -0.2) is 4.68 Å². The van der Waals surface area contributed by atoms with Crippen molar-refractivity contribution in [3.63, 3.8) is 0 Å². The summed E-state index contributed by atoms with van der Waals surface area (Å²) in [7, 11) is 0. The van der Waals surface area contributed by atoms with E-state index in [-0.39, 0.29) is 10.6 Å². The number of nitrogens with zero attached hydrogens (tertiary/aromatic N) is 4. The third kappa shape index (κ3) is 4.54. The molecule has 0 amide bonds. The molecule has 1 aliphatic carbocycles. The van der Waals surface area contributed by atoms with Crippen molar-refractivity contribution in [1.29, 1.82) is 0 Å². The number of fused-ring (bicyclic) bond motifs is 1. The molecule has 0 bridgehead atoms. The van der Waals surface area contributed by atoms with Gasteiger partial charge < -0.3 is 0 Å². The summed E-state index contributed by atoms with van der Waals surface area (Å²) in [4.78, 5) is 16.6. The second-order valence-corrected chi connectivity index (χ2v) is 8.72. The highest BCUT2D eigenvalue weighted by Crippen LogP contribution is 2.26. The summed E-state index contributed by atoms with van der Waals surface area (Å²) in [6, 6.07) is 25.1. The zero-order valence-corrected chi connectivity index (χ0v) is 18.7. The van der Waals surface area contributed by atoms with Crippen molar-refractivity contribution >= 4 is 22.7 Å². The molecule has 0 atom stereocenters. The number of aromatic nitrogens is 1. The van der Waals surface area contributed by atoms with E-state index in [1.807, 2.05) is 52.5 Å². The molecule has 1 aliphatic rings. The second-order valence-electron chi connectivity index (χ2n) is 7.88. The van der Waals surface area contributed by atoms with E-state index >= 15 is 0 Å². The molecule has 0 N–H and O–H groups in total. The van der Waals surface area contributed by atoms with Crippen molar-refractivity contribution in [2.45, 2.75) is 25.8 Å². The third-order valence-corrected chi connectivity index (χ3v) is 6.54. The summed E-state index contributed by atoms with van der Waals surface area (Å²) in [6.07, 6.45) is 2.97. The van der Waals surface area contributed by atoms with Gasteiger partial charge in [0.05, 0.1) is 22.9 Å². The van der Waals surface area contributed by atoms with E-state index < -0.39 is 0 Å². The number of nitro groups is 1. The monoisotopic (exact) mass is 454 g/mol. The average Bonchev–Trinajstić information content (AvgIpc) is 3.26. The molecule has 3 aromatic carbocycles. The Hall–Kier alpha value is -3.84. The van der Waals surface area contributed by atoms with Crippen LogP contribution >= 0.6 is 11.3 Å². The molecule has 4 aromatic rings. The number of hydrogen-bond acceptors (Lipinski definition) is 5. The molecule has 0 fully saturated rings. The van der Waals surface area contributed by atoms with Crippen LogP contribution in [0.15, 0.2) is 94.3 Å². The van der Waals surface area contributed by atoms with E-state index in [2.05, 4.69) is 18.2 Å². The first-order valence-electron chi connectivity index (χ1n) is 10.8. The molecule has 5 rings (SSSR count). The molecule has 33 heavy (non-hydrogen) atoms. The standard InChI is InChI=1S/C26H22N4O2S/c31-30(32)22-13-6-12-21(16-22)25-18-33-26(27-17-19-8-2-1-3-9-19)29(25)28-24-15-7-11-20-10-4-5-14-23(20)24/h1-6,8-10,12-14,16,18H,7,11,15,17H2. The number of aryl methyl sites for hydroxylation is 1. The van der Waals surface area contributed by atoms with Crippen molar-refractivity contribution in [3.8, 4) is 11.3 Å². The second kappa shape index (κ2) is 9.34. The van der Waals surface area contributed by atoms with Crippen LogP contribution in [0.5, 0.6) is 0 Å². The molecule has 0 radical (unpaired) electrons. The van der Waals surface area contributed by atoms with E-state index in [1.54, 1.807) is 12.1 Å². The maximum atomic E-state index is 11.3. The first-order chi connectivity index (χ1) is 16.2. The Balaban J connectivity index is 1.65. The molecule has 0 aliphatic heterocycles. The summed E-state index contributed by atoms with van der Waals surface area (Å²) in [6.45, 7) is 0.539. The van der Waals surface area contributed by atoms with Crippen molar-refractivity contribution in [1.82, 2.24) is 4.68 Å². The van der Waals surface area contributed by atoms with Crippen LogP contribution in [0, 0.1) is 10.1 Å². The van der Waals surface area contributed by atoms with E-state index in [4.69, 9.17) is 10.1 Å². The van der Waals surface area contributed by atoms with Crippen LogP contribution in [0.4, 0.5) is 5.69 Å². The lowest BCUT2D eigenvalue weighted by Crippen LogP contribution is -2.18. The van der Waals surface area contributed by atoms with Gasteiger partial charge in [0.2, 0.25) is 4.80 Å². The molecule has 6 nitrogen and oxygen atoms in total. The van der Waals surface area contributed by atoms with Crippen LogP contribution in [0.3, 0.4) is 0 Å². The van der Waals surface area contributed by atoms with Crippen molar-refractivity contribution < 1.29 is 4.92 Å². The SMILES string of the molecule is O=[N+]([O-])c1cccc(-c2csc(=NCc3ccccc3)n2N=C2CCCc3ccccc32)c1. The first kappa shape index (κ1) is 21.0. The highest BCUT2D eigenvalue weighted by molar-refractivity contribution is 7.07. The van der Waals surface area contributed by atoms with Gasteiger partial charge in [-0.15, -0.1) is 11.3 Å². The predicted molar refractivity (Wildman–Crippen MR) is 131 cm³/mol. The van der Waals surface area contributed by atoms with E-state index in [9.17, 15) is 10.1 Å². The summed E-state index contributed by atoms with van der Waals surface area (Å²) >= 11 is 1.49. The minimum Gasteiger partial charge on any atom is -0.258 e. The lowest BCUT2D eigenvalue weighted by Gasteiger charge is -2.18. The zero-order valence-electron chi connectivity index (χ0n) is 17.9. The highest BCUT2D eigenvalue weighted by Gasteiger charge is 2.17. The van der Waals surface area contributed by atoms with Crippen molar-refractivity contribution in [2.24, 2.45) is 10.1 Å². The zero-order chi connectivity index (χ0) is 22.6. The Kier molecular flexibility index (Phi) is 5.95. The lowest BCUT2D eigenvalue weighted by atomic mass is 9.90. The fraction of sp³-hybridized carbons (Fsp3) is 0.154. The number of benzene rings is 3. The molecule has 0 unspecified atom stereocenters. The lowest BCUT2D eigenvalue weighted by molar-refractivity contribution is -0.384. The van der Waals surface area contributed by atoms with Gasteiger partial charge in [-0.1, -0.05) is 66.7 Å². The molecular weight excluding hydrogens is 432 g/mol. The third-order valence-electron chi connectivity index (χ3n) is 5.69. The molecular formula is C26H22N4O2S. The summed E-state index contributed by atoms with van der Waals surface area (Å²) in [5, 5.41) is 18.4. The quantitative estimate of drug-likeness (QED) is 0.282. The molecule has 0 saturated heterocycles. The number of non-ortho nitro benzene ring substituents is 1. The van der Waals surface area contributed by atoms with Gasteiger partial charge in [0, 0.05) is 28.6 Å². The number of nitro benzene ring substituents is 1. The maximum absolute atomic E-state index is 11.3. The van der Waals surface area contributed by atoms with E-state index in [0.717, 1.165) is 46.6 Å². The van der Waals surface area contributed by atoms with Crippen LogP contribution in [-0.2, 0) is 13.0 Å². The Bertz CT molecular complexity index is 1400. The Morgan fingerprint density at radius 1 is 0.970 bits per heavy atom. The predicted octanol–water partition coefficient (Wildman–Crippen LogP) is 5.81. The van der Waals surface area contributed by atoms with Crippen LogP contribution < -0.4 is 4.80 Å². The molecule has 164 valence electrons. The Morgan fingerprint density at radius 2 is 1.79 bits per heavy atom. The average molecular weight is 455 g/mol. The topological polar surface area (TPSA) is 72.8 Å². The van der Waals surface area contributed by atoms with Gasteiger partial charge in [-0.05, 0) is 30.4 Å². The van der Waals surface area contributed by atoms with Crippen molar-refractivity contribution in [3.05, 3.63) is 116 Å².